The van der Waals surface area contributed by atoms with Gasteiger partial charge in [-0.1, -0.05) is 38.1 Å². The summed E-state index contributed by atoms with van der Waals surface area (Å²) in [5.74, 6) is 0.196. The van der Waals surface area contributed by atoms with Crippen LogP contribution in [-0.2, 0) is 14.8 Å². The van der Waals surface area contributed by atoms with E-state index in [1.807, 2.05) is 38.1 Å². The Kier molecular flexibility index (Phi) is 6.97. The number of nitro groups is 1. The summed E-state index contributed by atoms with van der Waals surface area (Å²) >= 11 is 0. The third kappa shape index (κ3) is 5.27. The fourth-order valence-corrected chi connectivity index (χ4v) is 5.07. The standard InChI is InChI=1S/C23H29N3O6S/c1-5-23(6-2)14-19(18-9-7-8-10-21(18)32-23)24-22(27)15-25(33(4,30)31)20-13-17(26(28)29)12-11-16(20)3/h7-13,19H,5-6,14-15H2,1-4H3,(H,24,27)/t19-/m1/s1. The van der Waals surface area contributed by atoms with Crippen molar-refractivity contribution in [2.45, 2.75) is 51.7 Å². The van der Waals surface area contributed by atoms with Crippen molar-refractivity contribution in [2.24, 2.45) is 0 Å². The fraction of sp³-hybridized carbons (Fsp3) is 0.435. The van der Waals surface area contributed by atoms with Crippen molar-refractivity contribution in [1.82, 2.24) is 5.32 Å². The van der Waals surface area contributed by atoms with Gasteiger partial charge >= 0.3 is 0 Å². The molecule has 0 aromatic heterocycles. The second kappa shape index (κ2) is 9.38. The van der Waals surface area contributed by atoms with E-state index in [4.69, 9.17) is 4.74 Å². The third-order valence-corrected chi connectivity index (χ3v) is 7.31. The SMILES string of the molecule is CCC1(CC)C[C@@H](NC(=O)CN(c2cc([N+](=O)[O-])ccc2C)S(C)(=O)=O)c2ccccc2O1. The number of ether oxygens (including phenoxy) is 1. The van der Waals surface area contributed by atoms with Gasteiger partial charge in [0.2, 0.25) is 15.9 Å². The Labute approximate surface area is 193 Å². The maximum absolute atomic E-state index is 13.1. The van der Waals surface area contributed by atoms with Crippen molar-refractivity contribution in [3.63, 3.8) is 0 Å². The number of amides is 1. The predicted octanol–water partition coefficient (Wildman–Crippen LogP) is 3.87. The number of non-ortho nitro benzene ring substituents is 1. The van der Waals surface area contributed by atoms with Gasteiger partial charge in [-0.05, 0) is 31.4 Å². The van der Waals surface area contributed by atoms with Gasteiger partial charge in [0.15, 0.2) is 0 Å². The number of aryl methyl sites for hydroxylation is 1. The third-order valence-electron chi connectivity index (χ3n) is 6.18. The van der Waals surface area contributed by atoms with E-state index in [9.17, 15) is 23.3 Å². The van der Waals surface area contributed by atoms with Gasteiger partial charge in [-0.2, -0.15) is 0 Å². The van der Waals surface area contributed by atoms with E-state index < -0.39 is 33.0 Å². The van der Waals surface area contributed by atoms with E-state index >= 15 is 0 Å². The van der Waals surface area contributed by atoms with Gasteiger partial charge in [0.05, 0.1) is 22.9 Å². The second-order valence-corrected chi connectivity index (χ2v) is 10.3. The topological polar surface area (TPSA) is 119 Å². The normalized spacial score (nSPS) is 16.9. The first-order valence-corrected chi connectivity index (χ1v) is 12.6. The van der Waals surface area contributed by atoms with Gasteiger partial charge in [0.25, 0.3) is 5.69 Å². The number of carbonyl (C=O) groups excluding carboxylic acids is 1. The van der Waals surface area contributed by atoms with E-state index in [-0.39, 0.29) is 17.4 Å². The van der Waals surface area contributed by atoms with Crippen LogP contribution >= 0.6 is 0 Å². The molecule has 1 heterocycles. The summed E-state index contributed by atoms with van der Waals surface area (Å²) < 4.78 is 32.3. The Hall–Kier alpha value is -3.14. The number of nitrogens with zero attached hydrogens (tertiary/aromatic N) is 2. The molecule has 0 bridgehead atoms. The molecule has 10 heteroatoms. The molecule has 0 spiro atoms. The van der Waals surface area contributed by atoms with Crippen molar-refractivity contribution in [1.29, 1.82) is 0 Å². The van der Waals surface area contributed by atoms with Crippen molar-refractivity contribution in [2.75, 3.05) is 17.1 Å². The molecule has 1 N–H and O–H groups in total. The molecule has 2 aromatic rings. The molecule has 0 aliphatic carbocycles. The van der Waals surface area contributed by atoms with Crippen LogP contribution in [0.25, 0.3) is 0 Å². The lowest BCUT2D eigenvalue weighted by atomic mass is 9.83. The number of hydrogen-bond acceptors (Lipinski definition) is 6. The number of anilines is 1. The van der Waals surface area contributed by atoms with Crippen LogP contribution < -0.4 is 14.4 Å². The van der Waals surface area contributed by atoms with E-state index in [1.54, 1.807) is 6.92 Å². The van der Waals surface area contributed by atoms with Gasteiger partial charge in [-0.25, -0.2) is 8.42 Å². The van der Waals surface area contributed by atoms with Crippen LogP contribution in [-0.4, -0.2) is 37.6 Å². The number of sulfonamides is 1. The molecular formula is C23H29N3O6S. The molecule has 0 radical (unpaired) electrons. The molecule has 0 saturated carbocycles. The Bertz CT molecular complexity index is 1160. The molecule has 33 heavy (non-hydrogen) atoms. The molecule has 1 atom stereocenters. The number of nitrogens with one attached hydrogen (secondary N) is 1. The smallest absolute Gasteiger partial charge is 0.271 e. The molecule has 2 aromatic carbocycles. The molecule has 0 saturated heterocycles. The number of para-hydroxylation sites is 1. The fourth-order valence-electron chi connectivity index (χ4n) is 4.16. The summed E-state index contributed by atoms with van der Waals surface area (Å²) in [4.78, 5) is 23.7. The lowest BCUT2D eigenvalue weighted by Crippen LogP contribution is -2.47. The minimum absolute atomic E-state index is 0.102. The molecule has 0 fully saturated rings. The average molecular weight is 476 g/mol. The minimum Gasteiger partial charge on any atom is -0.487 e. The zero-order valence-electron chi connectivity index (χ0n) is 19.2. The first kappa shape index (κ1) is 24.5. The Morgan fingerprint density at radius 2 is 1.91 bits per heavy atom. The van der Waals surface area contributed by atoms with Gasteiger partial charge in [-0.3, -0.25) is 19.2 Å². The number of benzene rings is 2. The number of nitro benzene ring substituents is 1. The first-order chi connectivity index (χ1) is 15.5. The Morgan fingerprint density at radius 1 is 1.24 bits per heavy atom. The van der Waals surface area contributed by atoms with E-state index in [1.165, 1.54) is 18.2 Å². The summed E-state index contributed by atoms with van der Waals surface area (Å²) in [6, 6.07) is 11.1. The number of rotatable bonds is 8. The van der Waals surface area contributed by atoms with Gasteiger partial charge in [0, 0.05) is 24.1 Å². The second-order valence-electron chi connectivity index (χ2n) is 8.35. The molecule has 0 unspecified atom stereocenters. The molecule has 3 rings (SSSR count). The highest BCUT2D eigenvalue weighted by atomic mass is 32.2. The van der Waals surface area contributed by atoms with Crippen LogP contribution in [0.15, 0.2) is 42.5 Å². The van der Waals surface area contributed by atoms with Crippen molar-refractivity contribution in [3.8, 4) is 5.75 Å². The maximum Gasteiger partial charge on any atom is 0.271 e. The first-order valence-electron chi connectivity index (χ1n) is 10.8. The largest absolute Gasteiger partial charge is 0.487 e. The predicted molar refractivity (Wildman–Crippen MR) is 126 cm³/mol. The number of fused-ring (bicyclic) bond motifs is 1. The summed E-state index contributed by atoms with van der Waals surface area (Å²) in [6.07, 6.45) is 3.04. The molecule has 1 aliphatic rings. The average Bonchev–Trinajstić information content (AvgIpc) is 2.77. The monoisotopic (exact) mass is 475 g/mol. The van der Waals surface area contributed by atoms with Crippen LogP contribution in [0.1, 0.15) is 50.3 Å². The number of hydrogen-bond donors (Lipinski definition) is 1. The summed E-state index contributed by atoms with van der Waals surface area (Å²) in [5.41, 5.74) is 0.760. The van der Waals surface area contributed by atoms with E-state index in [2.05, 4.69) is 5.32 Å². The highest BCUT2D eigenvalue weighted by Gasteiger charge is 2.39. The Balaban J connectivity index is 1.90. The van der Waals surface area contributed by atoms with Crippen LogP contribution in [0.5, 0.6) is 5.75 Å². The summed E-state index contributed by atoms with van der Waals surface area (Å²) in [5, 5.41) is 14.2. The summed E-state index contributed by atoms with van der Waals surface area (Å²) in [6.45, 7) is 5.21. The highest BCUT2D eigenvalue weighted by Crippen LogP contribution is 2.42. The minimum atomic E-state index is -3.89. The number of carbonyl (C=O) groups is 1. The van der Waals surface area contributed by atoms with Crippen molar-refractivity contribution in [3.05, 3.63) is 63.7 Å². The van der Waals surface area contributed by atoms with Gasteiger partial charge in [-0.15, -0.1) is 0 Å². The zero-order valence-corrected chi connectivity index (χ0v) is 20.0. The van der Waals surface area contributed by atoms with Crippen molar-refractivity contribution >= 4 is 27.3 Å². The lowest BCUT2D eigenvalue weighted by molar-refractivity contribution is -0.384. The highest BCUT2D eigenvalue weighted by molar-refractivity contribution is 7.92. The molecule has 1 aliphatic heterocycles. The van der Waals surface area contributed by atoms with Crippen LogP contribution in [0.3, 0.4) is 0 Å². The van der Waals surface area contributed by atoms with E-state index in [0.29, 0.717) is 17.7 Å². The molecular weight excluding hydrogens is 446 g/mol. The molecule has 178 valence electrons. The van der Waals surface area contributed by atoms with Crippen LogP contribution in [0.2, 0.25) is 0 Å². The summed E-state index contributed by atoms with van der Waals surface area (Å²) in [7, 11) is -3.89. The lowest BCUT2D eigenvalue weighted by Gasteiger charge is -2.41. The quantitative estimate of drug-likeness (QED) is 0.457. The zero-order chi connectivity index (χ0) is 24.4. The van der Waals surface area contributed by atoms with E-state index in [0.717, 1.165) is 29.0 Å². The Morgan fingerprint density at radius 3 is 2.52 bits per heavy atom. The van der Waals surface area contributed by atoms with Crippen molar-refractivity contribution < 1.29 is 22.9 Å². The van der Waals surface area contributed by atoms with Gasteiger partial charge < -0.3 is 10.1 Å². The molecule has 1 amide bonds. The van der Waals surface area contributed by atoms with Crippen LogP contribution in [0.4, 0.5) is 11.4 Å². The van der Waals surface area contributed by atoms with Crippen LogP contribution in [0, 0.1) is 17.0 Å². The van der Waals surface area contributed by atoms with Gasteiger partial charge in [0.1, 0.15) is 17.9 Å². The maximum atomic E-state index is 13.1. The molecule has 9 nitrogen and oxygen atoms in total.